The predicted molar refractivity (Wildman–Crippen MR) is 112 cm³/mol. The number of hydrogen-bond acceptors (Lipinski definition) is 5. The highest BCUT2D eigenvalue weighted by Gasteiger charge is 2.15. The van der Waals surface area contributed by atoms with E-state index in [1.165, 1.54) is 15.5 Å². The van der Waals surface area contributed by atoms with Gasteiger partial charge in [-0.2, -0.15) is 10.2 Å². The smallest absolute Gasteiger partial charge is 0.293 e. The molecule has 30 heavy (non-hydrogen) atoms. The van der Waals surface area contributed by atoms with E-state index in [2.05, 4.69) is 10.2 Å². The van der Waals surface area contributed by atoms with Crippen molar-refractivity contribution in [2.24, 2.45) is 0 Å². The summed E-state index contributed by atoms with van der Waals surface area (Å²) >= 11 is 0. The minimum atomic E-state index is -0.369. The van der Waals surface area contributed by atoms with Gasteiger partial charge in [0.1, 0.15) is 24.1 Å². The van der Waals surface area contributed by atoms with Crippen LogP contribution in [0.4, 0.5) is 0 Å². The SMILES string of the molecule is COc1ccc(-c2cc3c(=O)n(CC(=O)N(C)Cc4ccccc4)ncn3n2)cc1. The Labute approximate surface area is 172 Å². The molecule has 8 heteroatoms. The van der Waals surface area contributed by atoms with Crippen LogP contribution < -0.4 is 10.3 Å². The normalized spacial score (nSPS) is 10.9. The fourth-order valence-electron chi connectivity index (χ4n) is 3.15. The lowest BCUT2D eigenvalue weighted by Crippen LogP contribution is -2.35. The number of methoxy groups -OCH3 is 1. The molecule has 2 heterocycles. The number of fused-ring (bicyclic) bond motifs is 1. The Hall–Kier alpha value is -3.94. The van der Waals surface area contributed by atoms with Gasteiger partial charge in [-0.1, -0.05) is 30.3 Å². The third-order valence-electron chi connectivity index (χ3n) is 4.85. The van der Waals surface area contributed by atoms with Crippen LogP contribution in [0.15, 0.2) is 71.8 Å². The first-order chi connectivity index (χ1) is 14.5. The van der Waals surface area contributed by atoms with Crippen LogP contribution in [0.2, 0.25) is 0 Å². The Bertz CT molecular complexity index is 1230. The Morgan fingerprint density at radius 1 is 1.10 bits per heavy atom. The van der Waals surface area contributed by atoms with Crippen molar-refractivity contribution in [2.45, 2.75) is 13.1 Å². The molecule has 0 aliphatic heterocycles. The molecule has 0 N–H and O–H groups in total. The van der Waals surface area contributed by atoms with Crippen LogP contribution in [-0.2, 0) is 17.9 Å². The maximum absolute atomic E-state index is 12.8. The summed E-state index contributed by atoms with van der Waals surface area (Å²) in [6.07, 6.45) is 1.44. The second-order valence-corrected chi connectivity index (χ2v) is 6.92. The Kier molecular flexibility index (Phi) is 5.30. The molecule has 4 rings (SSSR count). The first kappa shape index (κ1) is 19.4. The summed E-state index contributed by atoms with van der Waals surface area (Å²) < 4.78 is 7.76. The zero-order chi connectivity index (χ0) is 21.1. The maximum Gasteiger partial charge on any atom is 0.293 e. The maximum atomic E-state index is 12.8. The minimum Gasteiger partial charge on any atom is -0.497 e. The quantitative estimate of drug-likeness (QED) is 0.493. The lowest BCUT2D eigenvalue weighted by Gasteiger charge is -2.17. The molecule has 0 unspecified atom stereocenters. The first-order valence-corrected chi connectivity index (χ1v) is 9.43. The van der Waals surface area contributed by atoms with Crippen molar-refractivity contribution in [1.29, 1.82) is 0 Å². The van der Waals surface area contributed by atoms with Crippen molar-refractivity contribution in [3.05, 3.63) is 82.9 Å². The van der Waals surface area contributed by atoms with Crippen LogP contribution in [0, 0.1) is 0 Å². The van der Waals surface area contributed by atoms with Gasteiger partial charge >= 0.3 is 0 Å². The number of benzene rings is 2. The van der Waals surface area contributed by atoms with Crippen LogP contribution in [0.5, 0.6) is 5.75 Å². The van der Waals surface area contributed by atoms with E-state index in [4.69, 9.17) is 4.74 Å². The number of amides is 1. The van der Waals surface area contributed by atoms with E-state index in [9.17, 15) is 9.59 Å². The van der Waals surface area contributed by atoms with Crippen molar-refractivity contribution in [3.63, 3.8) is 0 Å². The van der Waals surface area contributed by atoms with Gasteiger partial charge in [0.05, 0.1) is 12.8 Å². The van der Waals surface area contributed by atoms with E-state index in [1.807, 2.05) is 54.6 Å². The molecular formula is C22H21N5O3. The van der Waals surface area contributed by atoms with Gasteiger partial charge in [-0.05, 0) is 35.9 Å². The second kappa shape index (κ2) is 8.20. The van der Waals surface area contributed by atoms with Crippen molar-refractivity contribution in [1.82, 2.24) is 24.3 Å². The molecule has 4 aromatic rings. The average molecular weight is 403 g/mol. The molecule has 2 aromatic heterocycles. The van der Waals surface area contributed by atoms with Crippen LogP contribution in [0.3, 0.4) is 0 Å². The van der Waals surface area contributed by atoms with Crippen molar-refractivity contribution in [2.75, 3.05) is 14.2 Å². The van der Waals surface area contributed by atoms with Crippen LogP contribution in [0.1, 0.15) is 5.56 Å². The zero-order valence-electron chi connectivity index (χ0n) is 16.7. The molecule has 0 atom stereocenters. The highest BCUT2D eigenvalue weighted by Crippen LogP contribution is 2.21. The number of carbonyl (C=O) groups excluding carboxylic acids is 1. The number of hydrogen-bond donors (Lipinski definition) is 0. The molecule has 2 aromatic carbocycles. The third-order valence-corrected chi connectivity index (χ3v) is 4.85. The molecule has 0 spiro atoms. The number of carbonyl (C=O) groups is 1. The topological polar surface area (TPSA) is 81.7 Å². The van der Waals surface area contributed by atoms with Gasteiger partial charge in [0, 0.05) is 19.2 Å². The van der Waals surface area contributed by atoms with Crippen LogP contribution in [0.25, 0.3) is 16.8 Å². The first-order valence-electron chi connectivity index (χ1n) is 9.43. The molecule has 1 amide bonds. The number of ether oxygens (including phenoxy) is 1. The molecule has 0 fully saturated rings. The second-order valence-electron chi connectivity index (χ2n) is 6.92. The average Bonchev–Trinajstić information content (AvgIpc) is 3.21. The van der Waals surface area contributed by atoms with E-state index in [1.54, 1.807) is 25.1 Å². The van der Waals surface area contributed by atoms with Gasteiger partial charge < -0.3 is 9.64 Å². The summed E-state index contributed by atoms with van der Waals surface area (Å²) in [6, 6.07) is 18.8. The van der Waals surface area contributed by atoms with Crippen molar-refractivity contribution in [3.8, 4) is 17.0 Å². The number of rotatable bonds is 6. The molecule has 0 saturated carbocycles. The Morgan fingerprint density at radius 2 is 1.83 bits per heavy atom. The third kappa shape index (κ3) is 3.93. The summed E-state index contributed by atoms with van der Waals surface area (Å²) in [6.45, 7) is 0.326. The summed E-state index contributed by atoms with van der Waals surface area (Å²) in [5.74, 6) is 0.539. The summed E-state index contributed by atoms with van der Waals surface area (Å²) in [7, 11) is 3.31. The van der Waals surface area contributed by atoms with Crippen LogP contribution in [-0.4, -0.2) is 44.4 Å². The Balaban J connectivity index is 1.55. The van der Waals surface area contributed by atoms with Crippen molar-refractivity contribution < 1.29 is 9.53 Å². The number of aromatic nitrogens is 4. The van der Waals surface area contributed by atoms with Gasteiger partial charge in [0.25, 0.3) is 5.56 Å². The van der Waals surface area contributed by atoms with Gasteiger partial charge in [0.2, 0.25) is 5.91 Å². The highest BCUT2D eigenvalue weighted by molar-refractivity contribution is 5.75. The lowest BCUT2D eigenvalue weighted by atomic mass is 10.1. The number of nitrogens with zero attached hydrogens (tertiary/aromatic N) is 5. The fourth-order valence-corrected chi connectivity index (χ4v) is 3.15. The molecule has 0 aliphatic carbocycles. The van der Waals surface area contributed by atoms with E-state index < -0.39 is 0 Å². The molecule has 0 aliphatic rings. The predicted octanol–water partition coefficient (Wildman–Crippen LogP) is 2.23. The number of likely N-dealkylation sites (N-methyl/N-ethyl adjacent to an activating group) is 1. The van der Waals surface area contributed by atoms with Gasteiger partial charge in [0.15, 0.2) is 0 Å². The van der Waals surface area contributed by atoms with E-state index in [0.29, 0.717) is 17.8 Å². The lowest BCUT2D eigenvalue weighted by molar-refractivity contribution is -0.131. The summed E-state index contributed by atoms with van der Waals surface area (Å²) in [5.41, 5.74) is 2.50. The molecule has 0 bridgehead atoms. The van der Waals surface area contributed by atoms with Crippen LogP contribution >= 0.6 is 0 Å². The van der Waals surface area contributed by atoms with E-state index in [0.717, 1.165) is 16.9 Å². The largest absolute Gasteiger partial charge is 0.497 e. The Morgan fingerprint density at radius 3 is 2.53 bits per heavy atom. The highest BCUT2D eigenvalue weighted by atomic mass is 16.5. The fraction of sp³-hybridized carbons (Fsp3) is 0.182. The van der Waals surface area contributed by atoms with Gasteiger partial charge in [-0.15, -0.1) is 0 Å². The molecule has 0 radical (unpaired) electrons. The zero-order valence-corrected chi connectivity index (χ0v) is 16.7. The standard InChI is InChI=1S/C22H21N5O3/c1-25(13-16-6-4-3-5-7-16)21(28)14-26-22(29)20-12-19(24-27(20)15-23-26)17-8-10-18(30-2)11-9-17/h3-12,15H,13-14H2,1-2H3. The van der Waals surface area contributed by atoms with Crippen molar-refractivity contribution >= 4 is 11.4 Å². The summed E-state index contributed by atoms with van der Waals surface area (Å²) in [4.78, 5) is 27.0. The van der Waals surface area contributed by atoms with Gasteiger partial charge in [-0.25, -0.2) is 9.20 Å². The van der Waals surface area contributed by atoms with E-state index >= 15 is 0 Å². The molecular weight excluding hydrogens is 382 g/mol. The van der Waals surface area contributed by atoms with Gasteiger partial charge in [-0.3, -0.25) is 9.59 Å². The molecule has 0 saturated heterocycles. The summed E-state index contributed by atoms with van der Waals surface area (Å²) in [5, 5.41) is 8.52. The monoisotopic (exact) mass is 403 g/mol. The minimum absolute atomic E-state index is 0.137. The molecule has 8 nitrogen and oxygen atoms in total. The molecule has 152 valence electrons. The van der Waals surface area contributed by atoms with E-state index in [-0.39, 0.29) is 18.0 Å².